The van der Waals surface area contributed by atoms with E-state index in [-0.39, 0.29) is 37.7 Å². The van der Waals surface area contributed by atoms with Crippen LogP contribution in [0, 0.1) is 5.82 Å². The molecule has 0 spiro atoms. The molecule has 0 saturated carbocycles. The van der Waals surface area contributed by atoms with Crippen molar-refractivity contribution in [1.29, 1.82) is 0 Å². The first-order valence-electron chi connectivity index (χ1n) is 12.7. The van der Waals surface area contributed by atoms with Gasteiger partial charge in [0.2, 0.25) is 0 Å². The standard InChI is InChI=1S/C28H34FO8PS/c1-5-35-38(31,36-6-2)37-16-8-7-15-34-28(30)19-26-20(3)25(24-14-11-22(29)18-27(24)26)17-21-9-12-23(13-10-21)39(4,32)33/h9-14,17-18H,5-8,15-16,19H2,1-4H3/b25-17-. The number of carbonyl (C=O) groups is 1. The highest BCUT2D eigenvalue weighted by Gasteiger charge is 2.27. The van der Waals surface area contributed by atoms with Gasteiger partial charge in [-0.15, -0.1) is 0 Å². The number of benzene rings is 2. The second kappa shape index (κ2) is 13.6. The Morgan fingerprint density at radius 3 is 2.21 bits per heavy atom. The van der Waals surface area contributed by atoms with E-state index in [0.29, 0.717) is 24.0 Å². The van der Waals surface area contributed by atoms with Crippen molar-refractivity contribution in [1.82, 2.24) is 0 Å². The number of unbranched alkanes of at least 4 members (excludes halogenated alkanes) is 1. The second-order valence-electron chi connectivity index (χ2n) is 8.91. The molecule has 0 aliphatic heterocycles. The van der Waals surface area contributed by atoms with Gasteiger partial charge in [0.15, 0.2) is 9.84 Å². The lowest BCUT2D eigenvalue weighted by Crippen LogP contribution is -2.08. The second-order valence-corrected chi connectivity index (χ2v) is 12.6. The van der Waals surface area contributed by atoms with E-state index in [1.807, 2.05) is 13.0 Å². The monoisotopic (exact) mass is 580 g/mol. The molecule has 212 valence electrons. The first-order chi connectivity index (χ1) is 18.5. The van der Waals surface area contributed by atoms with Crippen LogP contribution in [0.4, 0.5) is 4.39 Å². The van der Waals surface area contributed by atoms with Crippen molar-refractivity contribution in [3.63, 3.8) is 0 Å². The van der Waals surface area contributed by atoms with Gasteiger partial charge >= 0.3 is 13.8 Å². The summed E-state index contributed by atoms with van der Waals surface area (Å²) in [7, 11) is -6.88. The first kappa shape index (κ1) is 30.9. The molecule has 0 atom stereocenters. The van der Waals surface area contributed by atoms with Gasteiger partial charge in [0, 0.05) is 6.26 Å². The average Bonchev–Trinajstić information content (AvgIpc) is 3.11. The molecule has 0 amide bonds. The zero-order chi connectivity index (χ0) is 28.6. The van der Waals surface area contributed by atoms with E-state index in [9.17, 15) is 22.2 Å². The summed E-state index contributed by atoms with van der Waals surface area (Å²) >= 11 is 0. The topological polar surface area (TPSA) is 105 Å². The van der Waals surface area contributed by atoms with Gasteiger partial charge in [-0.1, -0.05) is 18.2 Å². The molecular formula is C28H34FO8PS. The molecule has 2 aromatic carbocycles. The Hall–Kier alpha value is -2.62. The predicted octanol–water partition coefficient (Wildman–Crippen LogP) is 6.47. The minimum absolute atomic E-state index is 0.0347. The van der Waals surface area contributed by atoms with Crippen LogP contribution >= 0.6 is 7.82 Å². The zero-order valence-corrected chi connectivity index (χ0v) is 24.3. The van der Waals surface area contributed by atoms with Gasteiger partial charge < -0.3 is 4.74 Å². The Morgan fingerprint density at radius 2 is 1.59 bits per heavy atom. The van der Waals surface area contributed by atoms with Crippen molar-refractivity contribution in [2.75, 3.05) is 32.7 Å². The van der Waals surface area contributed by atoms with Crippen molar-refractivity contribution in [3.8, 4) is 0 Å². The molecule has 0 radical (unpaired) electrons. The molecule has 0 aromatic heterocycles. The van der Waals surface area contributed by atoms with Crippen LogP contribution in [0.5, 0.6) is 0 Å². The first-order valence-corrected chi connectivity index (χ1v) is 16.0. The number of carbonyl (C=O) groups excluding carboxylic acids is 1. The van der Waals surface area contributed by atoms with Gasteiger partial charge in [0.1, 0.15) is 5.82 Å². The quantitative estimate of drug-likeness (QED) is 0.142. The van der Waals surface area contributed by atoms with Crippen LogP contribution in [0.3, 0.4) is 0 Å². The summed E-state index contributed by atoms with van der Waals surface area (Å²) in [4.78, 5) is 12.9. The van der Waals surface area contributed by atoms with Crippen LogP contribution < -0.4 is 0 Å². The summed E-state index contributed by atoms with van der Waals surface area (Å²) in [5.74, 6) is -0.865. The van der Waals surface area contributed by atoms with Crippen molar-refractivity contribution in [2.24, 2.45) is 0 Å². The summed E-state index contributed by atoms with van der Waals surface area (Å²) in [5, 5.41) is 0. The van der Waals surface area contributed by atoms with E-state index in [4.69, 9.17) is 18.3 Å². The van der Waals surface area contributed by atoms with E-state index in [1.54, 1.807) is 32.0 Å². The van der Waals surface area contributed by atoms with Gasteiger partial charge in [-0.2, -0.15) is 0 Å². The lowest BCUT2D eigenvalue weighted by atomic mass is 10.0. The number of allylic oxidation sites excluding steroid dienone is 2. The van der Waals surface area contributed by atoms with Gasteiger partial charge in [0.25, 0.3) is 0 Å². The van der Waals surface area contributed by atoms with Gasteiger partial charge in [0.05, 0.1) is 37.7 Å². The fraction of sp³-hybridized carbons (Fsp3) is 0.393. The Bertz CT molecular complexity index is 1390. The minimum atomic E-state index is -3.57. The third kappa shape index (κ3) is 8.43. The molecule has 0 N–H and O–H groups in total. The van der Waals surface area contributed by atoms with Crippen LogP contribution in [0.1, 0.15) is 56.7 Å². The molecule has 0 heterocycles. The Morgan fingerprint density at radius 1 is 0.949 bits per heavy atom. The maximum absolute atomic E-state index is 14.1. The molecule has 11 heteroatoms. The summed E-state index contributed by atoms with van der Waals surface area (Å²) in [6.07, 6.45) is 3.98. The predicted molar refractivity (Wildman–Crippen MR) is 148 cm³/mol. The number of esters is 1. The number of phosphoric acid groups is 1. The number of sulfone groups is 1. The minimum Gasteiger partial charge on any atom is -0.465 e. The van der Waals surface area contributed by atoms with Gasteiger partial charge in [-0.25, -0.2) is 17.4 Å². The van der Waals surface area contributed by atoms with Gasteiger partial charge in [-0.3, -0.25) is 18.4 Å². The maximum atomic E-state index is 14.1. The highest BCUT2D eigenvalue weighted by atomic mass is 32.2. The number of phosphoric ester groups is 1. The third-order valence-corrected chi connectivity index (χ3v) is 8.80. The summed E-state index contributed by atoms with van der Waals surface area (Å²) < 4.78 is 70.8. The van der Waals surface area contributed by atoms with E-state index >= 15 is 0 Å². The SMILES string of the molecule is CCOP(=O)(OCC)OCCCCOC(=O)CC1=C(C)/C(=C/c2ccc(S(C)(=O)=O)cc2)c2ccc(F)cc21. The fourth-order valence-electron chi connectivity index (χ4n) is 4.15. The van der Waals surface area contributed by atoms with Crippen molar-refractivity contribution in [3.05, 3.63) is 70.5 Å². The molecule has 39 heavy (non-hydrogen) atoms. The molecule has 0 saturated heterocycles. The molecule has 1 aliphatic rings. The highest BCUT2D eigenvalue weighted by molar-refractivity contribution is 7.90. The van der Waals surface area contributed by atoms with E-state index in [2.05, 4.69) is 0 Å². The van der Waals surface area contributed by atoms with Crippen molar-refractivity contribution >= 4 is 40.9 Å². The molecular weight excluding hydrogens is 546 g/mol. The maximum Gasteiger partial charge on any atom is 0.474 e. The largest absolute Gasteiger partial charge is 0.474 e. The summed E-state index contributed by atoms with van der Waals surface area (Å²) in [5.41, 5.74) is 4.50. The van der Waals surface area contributed by atoms with Crippen LogP contribution in [0.25, 0.3) is 17.2 Å². The normalized spacial score (nSPS) is 14.6. The summed E-state index contributed by atoms with van der Waals surface area (Å²) in [6.45, 7) is 5.93. The molecule has 3 rings (SSSR count). The highest BCUT2D eigenvalue weighted by Crippen LogP contribution is 2.49. The molecule has 2 aromatic rings. The average molecular weight is 581 g/mol. The molecule has 0 fully saturated rings. The number of hydrogen-bond donors (Lipinski definition) is 0. The summed E-state index contributed by atoms with van der Waals surface area (Å²) in [6, 6.07) is 10.9. The van der Waals surface area contributed by atoms with E-state index in [1.165, 1.54) is 24.3 Å². The van der Waals surface area contributed by atoms with E-state index in [0.717, 1.165) is 28.5 Å². The van der Waals surface area contributed by atoms with Crippen LogP contribution in [-0.4, -0.2) is 47.1 Å². The molecule has 0 bridgehead atoms. The van der Waals surface area contributed by atoms with Crippen LogP contribution in [0.15, 0.2) is 52.9 Å². The fourth-order valence-corrected chi connectivity index (χ4v) is 5.99. The van der Waals surface area contributed by atoms with Crippen LogP contribution in [-0.2, 0) is 37.5 Å². The smallest absolute Gasteiger partial charge is 0.465 e. The van der Waals surface area contributed by atoms with Gasteiger partial charge in [-0.05, 0) is 97.4 Å². The number of halogens is 1. The molecule has 1 aliphatic carbocycles. The lowest BCUT2D eigenvalue weighted by Gasteiger charge is -2.16. The van der Waals surface area contributed by atoms with Crippen LogP contribution in [0.2, 0.25) is 0 Å². The lowest BCUT2D eigenvalue weighted by molar-refractivity contribution is -0.142. The number of fused-ring (bicyclic) bond motifs is 1. The third-order valence-electron chi connectivity index (χ3n) is 6.02. The molecule has 0 unspecified atom stereocenters. The van der Waals surface area contributed by atoms with Crippen molar-refractivity contribution in [2.45, 2.75) is 44.9 Å². The Labute approximate surface area is 229 Å². The molecule has 8 nitrogen and oxygen atoms in total. The van der Waals surface area contributed by atoms with E-state index < -0.39 is 29.4 Å². The van der Waals surface area contributed by atoms with Crippen molar-refractivity contribution < 1.29 is 40.5 Å². The number of rotatable bonds is 14. The Balaban J connectivity index is 1.65. The Kier molecular flexibility index (Phi) is 10.8. The number of hydrogen-bond acceptors (Lipinski definition) is 8. The zero-order valence-electron chi connectivity index (χ0n) is 22.6. The number of ether oxygens (including phenoxy) is 1.